The second-order valence-corrected chi connectivity index (χ2v) is 2.74. The predicted octanol–water partition coefficient (Wildman–Crippen LogP) is -0.188. The van der Waals surface area contributed by atoms with Crippen LogP contribution in [0.15, 0.2) is 12.7 Å². The standard InChI is InChI=1S/C8H15NO3/c1-4-6(10)7(9)8(11)12-5(2)3/h4-7,10H,1,9H2,2-3H3/t6-,7-/m1/s1. The molecular weight excluding hydrogens is 158 g/mol. The van der Waals surface area contributed by atoms with Gasteiger partial charge < -0.3 is 15.6 Å². The summed E-state index contributed by atoms with van der Waals surface area (Å²) in [6.07, 6.45) is -0.0662. The van der Waals surface area contributed by atoms with Gasteiger partial charge in [0.1, 0.15) is 6.04 Å². The summed E-state index contributed by atoms with van der Waals surface area (Å²) in [4.78, 5) is 11.0. The molecule has 0 fully saturated rings. The lowest BCUT2D eigenvalue weighted by atomic mass is 10.2. The third kappa shape index (κ3) is 3.50. The molecule has 2 atom stereocenters. The number of ether oxygens (including phenoxy) is 1. The average Bonchev–Trinajstić information content (AvgIpc) is 2.00. The average molecular weight is 173 g/mol. The predicted molar refractivity (Wildman–Crippen MR) is 45.4 cm³/mol. The summed E-state index contributed by atoms with van der Waals surface area (Å²) in [5.74, 6) is -0.614. The molecule has 0 aliphatic carbocycles. The highest BCUT2D eigenvalue weighted by Gasteiger charge is 2.22. The fourth-order valence-electron chi connectivity index (χ4n) is 0.597. The molecule has 0 aliphatic heterocycles. The summed E-state index contributed by atoms with van der Waals surface area (Å²) in [5, 5.41) is 9.07. The molecular formula is C8H15NO3. The van der Waals surface area contributed by atoms with Crippen molar-refractivity contribution in [2.24, 2.45) is 5.73 Å². The molecule has 0 saturated heterocycles. The maximum absolute atomic E-state index is 11.0. The fourth-order valence-corrected chi connectivity index (χ4v) is 0.597. The first-order valence-corrected chi connectivity index (χ1v) is 3.75. The normalized spacial score (nSPS) is 15.4. The Bertz CT molecular complexity index is 168. The third-order valence-electron chi connectivity index (χ3n) is 1.23. The first kappa shape index (κ1) is 11.1. The fraction of sp³-hybridized carbons (Fsp3) is 0.625. The van der Waals surface area contributed by atoms with E-state index in [1.165, 1.54) is 6.08 Å². The van der Waals surface area contributed by atoms with Crippen LogP contribution < -0.4 is 5.73 Å². The summed E-state index contributed by atoms with van der Waals surface area (Å²) in [5.41, 5.74) is 5.32. The SMILES string of the molecule is C=C[C@@H](O)[C@@H](N)C(=O)OC(C)C. The Kier molecular flexibility index (Phi) is 4.54. The van der Waals surface area contributed by atoms with Gasteiger partial charge in [0.2, 0.25) is 0 Å². The number of carbonyl (C=O) groups excluding carboxylic acids is 1. The van der Waals surface area contributed by atoms with E-state index in [0.717, 1.165) is 0 Å². The first-order chi connectivity index (χ1) is 5.49. The van der Waals surface area contributed by atoms with Crippen molar-refractivity contribution >= 4 is 5.97 Å². The van der Waals surface area contributed by atoms with E-state index in [1.54, 1.807) is 13.8 Å². The van der Waals surface area contributed by atoms with E-state index in [-0.39, 0.29) is 6.10 Å². The monoisotopic (exact) mass is 173 g/mol. The van der Waals surface area contributed by atoms with Gasteiger partial charge in [-0.05, 0) is 13.8 Å². The largest absolute Gasteiger partial charge is 0.462 e. The topological polar surface area (TPSA) is 72.5 Å². The first-order valence-electron chi connectivity index (χ1n) is 3.75. The number of rotatable bonds is 4. The molecule has 4 nitrogen and oxygen atoms in total. The van der Waals surface area contributed by atoms with E-state index in [4.69, 9.17) is 15.6 Å². The molecule has 0 radical (unpaired) electrons. The van der Waals surface area contributed by atoms with Crippen LogP contribution >= 0.6 is 0 Å². The minimum Gasteiger partial charge on any atom is -0.462 e. The molecule has 0 amide bonds. The second kappa shape index (κ2) is 4.90. The number of aliphatic hydroxyl groups is 1. The van der Waals surface area contributed by atoms with E-state index in [2.05, 4.69) is 6.58 Å². The molecule has 3 N–H and O–H groups in total. The van der Waals surface area contributed by atoms with Crippen LogP contribution in [0.1, 0.15) is 13.8 Å². The van der Waals surface area contributed by atoms with Gasteiger partial charge in [-0.15, -0.1) is 6.58 Å². The van der Waals surface area contributed by atoms with E-state index in [1.807, 2.05) is 0 Å². The van der Waals surface area contributed by atoms with Crippen molar-refractivity contribution in [3.63, 3.8) is 0 Å². The molecule has 0 aliphatic rings. The molecule has 0 unspecified atom stereocenters. The summed E-state index contributed by atoms with van der Waals surface area (Å²) >= 11 is 0. The number of esters is 1. The van der Waals surface area contributed by atoms with Gasteiger partial charge in [0, 0.05) is 0 Å². The van der Waals surface area contributed by atoms with Crippen LogP contribution in [-0.4, -0.2) is 29.3 Å². The molecule has 0 aromatic rings. The number of hydrogen-bond donors (Lipinski definition) is 2. The van der Waals surface area contributed by atoms with Crippen LogP contribution in [-0.2, 0) is 9.53 Å². The van der Waals surface area contributed by atoms with Crippen molar-refractivity contribution < 1.29 is 14.6 Å². The zero-order valence-electron chi connectivity index (χ0n) is 7.36. The maximum Gasteiger partial charge on any atom is 0.326 e. The number of aliphatic hydroxyl groups excluding tert-OH is 1. The molecule has 0 saturated carbocycles. The number of hydrogen-bond acceptors (Lipinski definition) is 4. The molecule has 0 rings (SSSR count). The van der Waals surface area contributed by atoms with E-state index in [9.17, 15) is 4.79 Å². The zero-order valence-corrected chi connectivity index (χ0v) is 7.36. The highest BCUT2D eigenvalue weighted by molar-refractivity contribution is 5.76. The number of carbonyl (C=O) groups is 1. The zero-order chi connectivity index (χ0) is 9.72. The van der Waals surface area contributed by atoms with Gasteiger partial charge in [-0.2, -0.15) is 0 Å². The smallest absolute Gasteiger partial charge is 0.326 e. The quantitative estimate of drug-likeness (QED) is 0.456. The minimum atomic E-state index is -1.05. The van der Waals surface area contributed by atoms with Crippen molar-refractivity contribution in [2.45, 2.75) is 32.1 Å². The Morgan fingerprint density at radius 2 is 2.17 bits per heavy atom. The summed E-state index contributed by atoms with van der Waals surface area (Å²) < 4.78 is 4.76. The van der Waals surface area contributed by atoms with Crippen LogP contribution in [0.2, 0.25) is 0 Å². The minimum absolute atomic E-state index is 0.222. The summed E-state index contributed by atoms with van der Waals surface area (Å²) in [7, 11) is 0. The molecule has 0 aromatic carbocycles. The van der Waals surface area contributed by atoms with E-state index >= 15 is 0 Å². The van der Waals surface area contributed by atoms with Gasteiger partial charge in [-0.3, -0.25) is 4.79 Å². The molecule has 70 valence electrons. The van der Waals surface area contributed by atoms with Crippen LogP contribution in [0.5, 0.6) is 0 Å². The Hall–Kier alpha value is -0.870. The summed E-state index contributed by atoms with van der Waals surface area (Å²) in [6.45, 7) is 6.73. The lowest BCUT2D eigenvalue weighted by Gasteiger charge is -2.15. The van der Waals surface area contributed by atoms with Crippen LogP contribution in [0, 0.1) is 0 Å². The maximum atomic E-state index is 11.0. The van der Waals surface area contributed by atoms with Gasteiger partial charge in [0.05, 0.1) is 12.2 Å². The van der Waals surface area contributed by atoms with Crippen molar-refractivity contribution in [1.29, 1.82) is 0 Å². The van der Waals surface area contributed by atoms with Crippen molar-refractivity contribution in [3.8, 4) is 0 Å². The lowest BCUT2D eigenvalue weighted by molar-refractivity contribution is -0.150. The lowest BCUT2D eigenvalue weighted by Crippen LogP contribution is -2.42. The van der Waals surface area contributed by atoms with Crippen molar-refractivity contribution in [2.75, 3.05) is 0 Å². The van der Waals surface area contributed by atoms with Gasteiger partial charge in [-0.1, -0.05) is 6.08 Å². The number of nitrogens with two attached hydrogens (primary N) is 1. The Balaban J connectivity index is 4.00. The van der Waals surface area contributed by atoms with Crippen LogP contribution in [0.25, 0.3) is 0 Å². The molecule has 0 spiro atoms. The van der Waals surface area contributed by atoms with Gasteiger partial charge >= 0.3 is 5.97 Å². The molecule has 0 bridgehead atoms. The Labute approximate surface area is 72.0 Å². The molecule has 12 heavy (non-hydrogen) atoms. The Morgan fingerprint density at radius 3 is 2.50 bits per heavy atom. The highest BCUT2D eigenvalue weighted by Crippen LogP contribution is 1.97. The van der Waals surface area contributed by atoms with Gasteiger partial charge in [-0.25, -0.2) is 0 Å². The Morgan fingerprint density at radius 1 is 1.67 bits per heavy atom. The van der Waals surface area contributed by atoms with E-state index < -0.39 is 18.1 Å². The van der Waals surface area contributed by atoms with Gasteiger partial charge in [0.25, 0.3) is 0 Å². The van der Waals surface area contributed by atoms with Crippen LogP contribution in [0.4, 0.5) is 0 Å². The molecule has 4 heteroatoms. The van der Waals surface area contributed by atoms with E-state index in [0.29, 0.717) is 0 Å². The van der Waals surface area contributed by atoms with Gasteiger partial charge in [0.15, 0.2) is 0 Å². The summed E-state index contributed by atoms with van der Waals surface area (Å²) in [6, 6.07) is -1.04. The third-order valence-corrected chi connectivity index (χ3v) is 1.23. The van der Waals surface area contributed by atoms with Crippen molar-refractivity contribution in [1.82, 2.24) is 0 Å². The highest BCUT2D eigenvalue weighted by atomic mass is 16.5. The van der Waals surface area contributed by atoms with Crippen LogP contribution in [0.3, 0.4) is 0 Å². The second-order valence-electron chi connectivity index (χ2n) is 2.74. The van der Waals surface area contributed by atoms with Crippen molar-refractivity contribution in [3.05, 3.63) is 12.7 Å². The molecule has 0 heterocycles. The molecule has 0 aromatic heterocycles.